The van der Waals surface area contributed by atoms with E-state index in [-0.39, 0.29) is 5.91 Å². The zero-order valence-corrected chi connectivity index (χ0v) is 15.4. The fraction of sp³-hybridized carbons (Fsp3) is 0.300. The zero-order valence-electron chi connectivity index (χ0n) is 14.6. The van der Waals surface area contributed by atoms with E-state index in [0.29, 0.717) is 0 Å². The highest BCUT2D eigenvalue weighted by atomic mass is 32.1. The number of hydrogen-bond acceptors (Lipinski definition) is 4. The van der Waals surface area contributed by atoms with Gasteiger partial charge in [-0.2, -0.15) is 5.10 Å². The Labute approximate surface area is 157 Å². The van der Waals surface area contributed by atoms with E-state index < -0.39 is 0 Å². The number of aromatic nitrogens is 2. The SMILES string of the molecule is O=C(c1cccc(-c2ccn[nH]2)c1)N1CCCN(Cc2cccs2)CC1. The average molecular weight is 366 g/mol. The van der Waals surface area contributed by atoms with Gasteiger partial charge in [0.2, 0.25) is 0 Å². The van der Waals surface area contributed by atoms with E-state index in [2.05, 4.69) is 32.6 Å². The number of nitrogens with zero attached hydrogens (tertiary/aromatic N) is 3. The molecule has 0 spiro atoms. The first-order chi connectivity index (χ1) is 12.8. The largest absolute Gasteiger partial charge is 0.337 e. The Morgan fingerprint density at radius 1 is 1.12 bits per heavy atom. The minimum atomic E-state index is 0.115. The fourth-order valence-corrected chi connectivity index (χ4v) is 4.12. The summed E-state index contributed by atoms with van der Waals surface area (Å²) in [7, 11) is 0. The van der Waals surface area contributed by atoms with Crippen LogP contribution < -0.4 is 0 Å². The summed E-state index contributed by atoms with van der Waals surface area (Å²) in [6.07, 6.45) is 2.73. The molecule has 0 atom stereocenters. The maximum atomic E-state index is 13.0. The highest BCUT2D eigenvalue weighted by Gasteiger charge is 2.21. The van der Waals surface area contributed by atoms with Crippen molar-refractivity contribution in [2.45, 2.75) is 13.0 Å². The Morgan fingerprint density at radius 2 is 2.08 bits per heavy atom. The highest BCUT2D eigenvalue weighted by Crippen LogP contribution is 2.19. The van der Waals surface area contributed by atoms with Gasteiger partial charge in [-0.15, -0.1) is 11.3 Å². The van der Waals surface area contributed by atoms with Crippen LogP contribution in [0.5, 0.6) is 0 Å². The van der Waals surface area contributed by atoms with Crippen molar-refractivity contribution >= 4 is 17.2 Å². The Morgan fingerprint density at radius 3 is 2.88 bits per heavy atom. The molecule has 26 heavy (non-hydrogen) atoms. The van der Waals surface area contributed by atoms with Gasteiger partial charge in [0.05, 0.1) is 5.69 Å². The fourth-order valence-electron chi connectivity index (χ4n) is 3.37. The first kappa shape index (κ1) is 17.0. The molecule has 1 aliphatic heterocycles. The quantitative estimate of drug-likeness (QED) is 0.769. The average Bonchev–Trinajstić information content (AvgIpc) is 3.33. The topological polar surface area (TPSA) is 52.2 Å². The van der Waals surface area contributed by atoms with Crippen LogP contribution in [-0.2, 0) is 6.54 Å². The van der Waals surface area contributed by atoms with E-state index in [9.17, 15) is 4.79 Å². The van der Waals surface area contributed by atoms with Gasteiger partial charge in [0.1, 0.15) is 0 Å². The summed E-state index contributed by atoms with van der Waals surface area (Å²) in [5, 5.41) is 9.07. The first-order valence-electron chi connectivity index (χ1n) is 8.93. The van der Waals surface area contributed by atoms with Gasteiger partial charge >= 0.3 is 0 Å². The van der Waals surface area contributed by atoms with E-state index in [1.54, 1.807) is 17.5 Å². The van der Waals surface area contributed by atoms with Crippen molar-refractivity contribution in [2.24, 2.45) is 0 Å². The number of nitrogens with one attached hydrogen (secondary N) is 1. The molecule has 1 saturated heterocycles. The van der Waals surface area contributed by atoms with Gasteiger partial charge in [-0.3, -0.25) is 14.8 Å². The highest BCUT2D eigenvalue weighted by molar-refractivity contribution is 7.09. The molecule has 1 N–H and O–H groups in total. The Bertz CT molecular complexity index is 845. The summed E-state index contributed by atoms with van der Waals surface area (Å²) < 4.78 is 0. The molecule has 6 heteroatoms. The summed E-state index contributed by atoms with van der Waals surface area (Å²) in [4.78, 5) is 18.8. The number of amides is 1. The summed E-state index contributed by atoms with van der Waals surface area (Å²) >= 11 is 1.80. The minimum Gasteiger partial charge on any atom is -0.337 e. The number of aromatic amines is 1. The van der Waals surface area contributed by atoms with Gasteiger partial charge in [-0.05, 0) is 36.1 Å². The van der Waals surface area contributed by atoms with Crippen LogP contribution in [0.15, 0.2) is 54.0 Å². The number of benzene rings is 1. The lowest BCUT2D eigenvalue weighted by molar-refractivity contribution is 0.0761. The first-order valence-corrected chi connectivity index (χ1v) is 9.81. The molecular weight excluding hydrogens is 344 g/mol. The maximum absolute atomic E-state index is 13.0. The number of carbonyl (C=O) groups is 1. The third-order valence-corrected chi connectivity index (χ3v) is 5.62. The molecule has 1 aromatic carbocycles. The van der Waals surface area contributed by atoms with Crippen molar-refractivity contribution < 1.29 is 4.79 Å². The van der Waals surface area contributed by atoms with Crippen LogP contribution in [0, 0.1) is 0 Å². The van der Waals surface area contributed by atoms with Gasteiger partial charge < -0.3 is 4.90 Å². The van der Waals surface area contributed by atoms with Gasteiger partial charge in [0, 0.05) is 54.9 Å². The van der Waals surface area contributed by atoms with Crippen LogP contribution >= 0.6 is 11.3 Å². The van der Waals surface area contributed by atoms with Crippen molar-refractivity contribution in [1.29, 1.82) is 0 Å². The Balaban J connectivity index is 1.43. The number of rotatable bonds is 4. The third-order valence-electron chi connectivity index (χ3n) is 4.76. The summed E-state index contributed by atoms with van der Waals surface area (Å²) in [5.41, 5.74) is 2.66. The maximum Gasteiger partial charge on any atom is 0.253 e. The van der Waals surface area contributed by atoms with Crippen molar-refractivity contribution in [3.8, 4) is 11.3 Å². The lowest BCUT2D eigenvalue weighted by atomic mass is 10.1. The number of hydrogen-bond donors (Lipinski definition) is 1. The van der Waals surface area contributed by atoms with Crippen LogP contribution in [0.4, 0.5) is 0 Å². The second kappa shape index (κ2) is 7.85. The van der Waals surface area contributed by atoms with E-state index in [1.165, 1.54) is 4.88 Å². The molecule has 134 valence electrons. The van der Waals surface area contributed by atoms with Gasteiger partial charge in [-0.1, -0.05) is 18.2 Å². The van der Waals surface area contributed by atoms with Gasteiger partial charge in [0.15, 0.2) is 0 Å². The van der Waals surface area contributed by atoms with E-state index in [0.717, 1.165) is 56.0 Å². The lowest BCUT2D eigenvalue weighted by Crippen LogP contribution is -2.35. The molecule has 3 aromatic rings. The van der Waals surface area contributed by atoms with Crippen LogP contribution in [0.25, 0.3) is 11.3 Å². The molecule has 1 fully saturated rings. The second-order valence-corrected chi connectivity index (χ2v) is 7.58. The molecule has 5 nitrogen and oxygen atoms in total. The number of H-pyrrole nitrogens is 1. The van der Waals surface area contributed by atoms with E-state index in [4.69, 9.17) is 0 Å². The Hall–Kier alpha value is -2.44. The second-order valence-electron chi connectivity index (χ2n) is 6.55. The monoisotopic (exact) mass is 366 g/mol. The molecule has 1 amide bonds. The summed E-state index contributed by atoms with van der Waals surface area (Å²) in [5.74, 6) is 0.115. The molecule has 0 radical (unpaired) electrons. The van der Waals surface area contributed by atoms with Crippen LogP contribution in [0.2, 0.25) is 0 Å². The van der Waals surface area contributed by atoms with E-state index >= 15 is 0 Å². The molecular formula is C20H22N4OS. The van der Waals surface area contributed by atoms with Crippen molar-refractivity contribution in [3.63, 3.8) is 0 Å². The standard InChI is InChI=1S/C20H22N4OS/c25-20(17-5-1-4-16(14-17)19-7-8-21-22-19)24-10-3-9-23(11-12-24)15-18-6-2-13-26-18/h1-2,4-8,13-14H,3,9-12,15H2,(H,21,22). The Kier molecular flexibility index (Phi) is 5.13. The summed E-state index contributed by atoms with van der Waals surface area (Å²) in [6.45, 7) is 4.53. The molecule has 0 aliphatic carbocycles. The molecule has 0 bridgehead atoms. The normalized spacial score (nSPS) is 15.8. The van der Waals surface area contributed by atoms with Crippen LogP contribution in [-0.4, -0.2) is 52.1 Å². The summed E-state index contributed by atoms with van der Waals surface area (Å²) in [6, 6.07) is 14.0. The third kappa shape index (κ3) is 3.86. The molecule has 4 rings (SSSR count). The minimum absolute atomic E-state index is 0.115. The van der Waals surface area contributed by atoms with Crippen LogP contribution in [0.1, 0.15) is 21.7 Å². The van der Waals surface area contributed by atoms with Crippen molar-refractivity contribution in [3.05, 3.63) is 64.5 Å². The smallest absolute Gasteiger partial charge is 0.253 e. The molecule has 0 saturated carbocycles. The lowest BCUT2D eigenvalue weighted by Gasteiger charge is -2.22. The van der Waals surface area contributed by atoms with Crippen molar-refractivity contribution in [1.82, 2.24) is 20.0 Å². The molecule has 3 heterocycles. The molecule has 0 unspecified atom stereocenters. The predicted octanol–water partition coefficient (Wildman–Crippen LogP) is 3.49. The number of thiophene rings is 1. The predicted molar refractivity (Wildman–Crippen MR) is 104 cm³/mol. The molecule has 1 aliphatic rings. The van der Waals surface area contributed by atoms with E-state index in [1.807, 2.05) is 35.2 Å². The molecule has 2 aromatic heterocycles. The van der Waals surface area contributed by atoms with Gasteiger partial charge in [0.25, 0.3) is 5.91 Å². The number of carbonyl (C=O) groups excluding carboxylic acids is 1. The zero-order chi connectivity index (χ0) is 17.8. The van der Waals surface area contributed by atoms with Crippen LogP contribution in [0.3, 0.4) is 0 Å². The van der Waals surface area contributed by atoms with Crippen molar-refractivity contribution in [2.75, 3.05) is 26.2 Å². The van der Waals surface area contributed by atoms with Gasteiger partial charge in [-0.25, -0.2) is 0 Å².